The number of nitrogens with zero attached hydrogens (tertiary/aromatic N) is 4. The molecule has 3 N–H and O–H groups in total. The third-order valence-electron chi connectivity index (χ3n) is 7.95. The van der Waals surface area contributed by atoms with Crippen LogP contribution >= 0.6 is 0 Å². The lowest BCUT2D eigenvalue weighted by molar-refractivity contribution is 0.0699. The van der Waals surface area contributed by atoms with Crippen LogP contribution in [0.3, 0.4) is 0 Å². The van der Waals surface area contributed by atoms with Gasteiger partial charge >= 0.3 is 0 Å². The number of benzene rings is 1. The molecule has 6 rings (SSSR count). The average Bonchev–Trinajstić information content (AvgIpc) is 3.42. The molecule has 3 aliphatic rings. The Balaban J connectivity index is 1.35. The second-order valence-corrected chi connectivity index (χ2v) is 10.7. The summed E-state index contributed by atoms with van der Waals surface area (Å²) in [7, 11) is 0. The third kappa shape index (κ3) is 5.02. The third-order valence-corrected chi connectivity index (χ3v) is 7.95. The number of amides is 1. The molecule has 3 fully saturated rings. The standard InChI is InChI=1S/C28H36N6O3/c1-18-13-20(4-7-23(18)28(36)31-21-5-6-21)24-16-30-34-25(29-15-19-8-11-37-12-9-19)14-26(32-27(24)34)33-10-2-3-22(33)17-35/h4,7,13-14,16,19,21-22,29,35H,2-3,5-6,8-12,15,17H2,1H3,(H,31,36)/t22-/m0/s1. The minimum absolute atomic E-state index is 0.00416. The number of aryl methyl sites for hydroxylation is 1. The molecule has 37 heavy (non-hydrogen) atoms. The van der Waals surface area contributed by atoms with E-state index < -0.39 is 0 Å². The second-order valence-electron chi connectivity index (χ2n) is 10.7. The fraction of sp³-hybridized carbons (Fsp3) is 0.536. The molecular formula is C28H36N6O3. The highest BCUT2D eigenvalue weighted by molar-refractivity contribution is 5.97. The lowest BCUT2D eigenvalue weighted by atomic mass is 10.0. The van der Waals surface area contributed by atoms with Gasteiger partial charge in [0.2, 0.25) is 0 Å². The van der Waals surface area contributed by atoms with Crippen LogP contribution in [-0.2, 0) is 4.74 Å². The first kappa shape index (κ1) is 24.2. The van der Waals surface area contributed by atoms with Crippen LogP contribution in [0.4, 0.5) is 11.6 Å². The molecule has 0 radical (unpaired) electrons. The second kappa shape index (κ2) is 10.3. The molecule has 9 nitrogen and oxygen atoms in total. The van der Waals surface area contributed by atoms with E-state index in [1.807, 2.05) is 29.8 Å². The van der Waals surface area contributed by atoms with Gasteiger partial charge in [-0.2, -0.15) is 9.61 Å². The summed E-state index contributed by atoms with van der Waals surface area (Å²) in [5.41, 5.74) is 4.32. The minimum Gasteiger partial charge on any atom is -0.394 e. The Morgan fingerprint density at radius 2 is 2.00 bits per heavy atom. The monoisotopic (exact) mass is 504 g/mol. The van der Waals surface area contributed by atoms with Crippen LogP contribution in [0.1, 0.15) is 54.4 Å². The van der Waals surface area contributed by atoms with E-state index in [-0.39, 0.29) is 18.6 Å². The summed E-state index contributed by atoms with van der Waals surface area (Å²) in [6.45, 7) is 5.45. The van der Waals surface area contributed by atoms with Gasteiger partial charge in [0.15, 0.2) is 5.65 Å². The molecule has 1 saturated carbocycles. The van der Waals surface area contributed by atoms with Gasteiger partial charge in [-0.3, -0.25) is 4.79 Å². The molecule has 0 unspecified atom stereocenters. The molecule has 3 aromatic rings. The summed E-state index contributed by atoms with van der Waals surface area (Å²) in [5.74, 6) is 2.32. The van der Waals surface area contributed by atoms with E-state index >= 15 is 0 Å². The Labute approximate surface area is 217 Å². The number of aliphatic hydroxyl groups is 1. The van der Waals surface area contributed by atoms with Crippen molar-refractivity contribution in [2.24, 2.45) is 5.92 Å². The molecule has 2 saturated heterocycles. The normalized spacial score (nSPS) is 20.5. The van der Waals surface area contributed by atoms with E-state index in [1.54, 1.807) is 0 Å². The Bertz CT molecular complexity index is 1280. The maximum absolute atomic E-state index is 12.6. The van der Waals surface area contributed by atoms with Gasteiger partial charge in [0.1, 0.15) is 11.6 Å². The minimum atomic E-state index is -0.00416. The van der Waals surface area contributed by atoms with Gasteiger partial charge in [0.25, 0.3) is 5.91 Å². The van der Waals surface area contributed by atoms with Gasteiger partial charge in [-0.15, -0.1) is 0 Å². The largest absolute Gasteiger partial charge is 0.394 e. The van der Waals surface area contributed by atoms with Crippen LogP contribution in [-0.4, -0.2) is 70.6 Å². The van der Waals surface area contributed by atoms with Crippen molar-refractivity contribution in [3.63, 3.8) is 0 Å². The lowest BCUT2D eigenvalue weighted by Gasteiger charge is -2.26. The van der Waals surface area contributed by atoms with Crippen molar-refractivity contribution < 1.29 is 14.6 Å². The van der Waals surface area contributed by atoms with Crippen LogP contribution in [0.25, 0.3) is 16.8 Å². The van der Waals surface area contributed by atoms with E-state index in [2.05, 4.69) is 27.7 Å². The fourth-order valence-electron chi connectivity index (χ4n) is 5.53. The molecule has 2 aromatic heterocycles. The van der Waals surface area contributed by atoms with Crippen LogP contribution < -0.4 is 15.5 Å². The Morgan fingerprint density at radius 3 is 2.76 bits per heavy atom. The number of aromatic nitrogens is 3. The van der Waals surface area contributed by atoms with Crippen molar-refractivity contribution in [2.75, 3.05) is 43.1 Å². The van der Waals surface area contributed by atoms with Gasteiger partial charge in [0.05, 0.1) is 18.8 Å². The summed E-state index contributed by atoms with van der Waals surface area (Å²) in [5, 5.41) is 21.4. The molecule has 4 heterocycles. The van der Waals surface area contributed by atoms with Crippen LogP contribution in [0.15, 0.2) is 30.5 Å². The Hall–Kier alpha value is -3.17. The van der Waals surface area contributed by atoms with Crippen molar-refractivity contribution in [1.29, 1.82) is 0 Å². The number of aliphatic hydroxyl groups excluding tert-OH is 1. The zero-order valence-corrected chi connectivity index (χ0v) is 21.4. The van der Waals surface area contributed by atoms with E-state index in [9.17, 15) is 9.90 Å². The highest BCUT2D eigenvalue weighted by atomic mass is 16.5. The van der Waals surface area contributed by atoms with Crippen molar-refractivity contribution >= 4 is 23.2 Å². The SMILES string of the molecule is Cc1cc(-c2cnn3c(NCC4CCOCC4)cc(N4CCC[C@H]4CO)nc23)ccc1C(=O)NC1CC1. The van der Waals surface area contributed by atoms with Crippen LogP contribution in [0.2, 0.25) is 0 Å². The van der Waals surface area contributed by atoms with Gasteiger partial charge in [-0.1, -0.05) is 12.1 Å². The summed E-state index contributed by atoms with van der Waals surface area (Å²) in [4.78, 5) is 19.9. The Kier molecular flexibility index (Phi) is 6.73. The number of hydrogen-bond acceptors (Lipinski definition) is 7. The van der Waals surface area contributed by atoms with Crippen LogP contribution in [0, 0.1) is 12.8 Å². The molecule has 2 aliphatic heterocycles. The molecule has 1 amide bonds. The van der Waals surface area contributed by atoms with Gasteiger partial charge in [0, 0.05) is 49.5 Å². The fourth-order valence-corrected chi connectivity index (χ4v) is 5.53. The van der Waals surface area contributed by atoms with Crippen molar-refractivity contribution in [2.45, 2.75) is 57.5 Å². The molecular weight excluding hydrogens is 468 g/mol. The van der Waals surface area contributed by atoms with Crippen LogP contribution in [0.5, 0.6) is 0 Å². The first-order valence-corrected chi connectivity index (χ1v) is 13.6. The number of carbonyl (C=O) groups excluding carboxylic acids is 1. The molecule has 1 atom stereocenters. The smallest absolute Gasteiger partial charge is 0.251 e. The number of fused-ring (bicyclic) bond motifs is 1. The number of carbonyl (C=O) groups is 1. The van der Waals surface area contributed by atoms with Gasteiger partial charge in [-0.25, -0.2) is 4.98 Å². The van der Waals surface area contributed by atoms with E-state index in [0.29, 0.717) is 17.5 Å². The predicted molar refractivity (Wildman–Crippen MR) is 143 cm³/mol. The maximum Gasteiger partial charge on any atom is 0.251 e. The lowest BCUT2D eigenvalue weighted by Crippen LogP contribution is -2.33. The summed E-state index contributed by atoms with van der Waals surface area (Å²) < 4.78 is 7.41. The summed E-state index contributed by atoms with van der Waals surface area (Å²) in [6.07, 6.45) is 8.10. The van der Waals surface area contributed by atoms with Crippen molar-refractivity contribution in [3.8, 4) is 11.1 Å². The van der Waals surface area contributed by atoms with Crippen molar-refractivity contribution in [3.05, 3.63) is 41.6 Å². The number of hydrogen-bond donors (Lipinski definition) is 3. The predicted octanol–water partition coefficient (Wildman–Crippen LogP) is 3.40. The first-order valence-electron chi connectivity index (χ1n) is 13.6. The Morgan fingerprint density at radius 1 is 1.16 bits per heavy atom. The van der Waals surface area contributed by atoms with Crippen molar-refractivity contribution in [1.82, 2.24) is 19.9 Å². The van der Waals surface area contributed by atoms with Gasteiger partial charge < -0.3 is 25.4 Å². The molecule has 9 heteroatoms. The molecule has 0 bridgehead atoms. The zero-order chi connectivity index (χ0) is 25.4. The first-order chi connectivity index (χ1) is 18.1. The summed E-state index contributed by atoms with van der Waals surface area (Å²) >= 11 is 0. The number of nitrogens with one attached hydrogen (secondary N) is 2. The van der Waals surface area contributed by atoms with E-state index in [0.717, 1.165) is 98.8 Å². The number of rotatable bonds is 8. The number of anilines is 2. The molecule has 0 spiro atoms. The van der Waals surface area contributed by atoms with Gasteiger partial charge in [-0.05, 0) is 68.6 Å². The molecule has 1 aromatic carbocycles. The van der Waals surface area contributed by atoms with E-state index in [1.165, 1.54) is 0 Å². The highest BCUT2D eigenvalue weighted by Crippen LogP contribution is 2.32. The summed E-state index contributed by atoms with van der Waals surface area (Å²) in [6, 6.07) is 8.41. The topological polar surface area (TPSA) is 104 Å². The molecule has 196 valence electrons. The number of ether oxygens (including phenoxy) is 1. The highest BCUT2D eigenvalue weighted by Gasteiger charge is 2.27. The maximum atomic E-state index is 12.6. The van der Waals surface area contributed by atoms with E-state index in [4.69, 9.17) is 14.8 Å². The average molecular weight is 505 g/mol. The molecule has 1 aliphatic carbocycles. The quantitative estimate of drug-likeness (QED) is 0.432. The zero-order valence-electron chi connectivity index (χ0n) is 21.4.